The molecule has 0 aliphatic rings. The van der Waals surface area contributed by atoms with Gasteiger partial charge in [0.1, 0.15) is 0 Å². The number of rotatable bonds is 4. The van der Waals surface area contributed by atoms with Gasteiger partial charge in [-0.05, 0) is 44.4 Å². The van der Waals surface area contributed by atoms with Gasteiger partial charge in [-0.1, -0.05) is 43.7 Å². The standard InChI is InChI=1S/C19H26N2O/c1-13(2)12-21-17(15-8-6-14(3)7-9-15)11-10-16(18(21)22)19(4,5)20/h6-11,13H,12,20H2,1-5H3. The van der Waals surface area contributed by atoms with Gasteiger partial charge in [-0.15, -0.1) is 0 Å². The van der Waals surface area contributed by atoms with Crippen molar-refractivity contribution in [3.05, 3.63) is 57.9 Å². The van der Waals surface area contributed by atoms with Gasteiger partial charge in [-0.25, -0.2) is 0 Å². The lowest BCUT2D eigenvalue weighted by Crippen LogP contribution is -2.38. The molecule has 2 N–H and O–H groups in total. The lowest BCUT2D eigenvalue weighted by molar-refractivity contribution is 0.492. The van der Waals surface area contributed by atoms with Crippen molar-refractivity contribution in [2.45, 2.75) is 46.7 Å². The summed E-state index contributed by atoms with van der Waals surface area (Å²) in [6.07, 6.45) is 0. The maximum absolute atomic E-state index is 12.9. The summed E-state index contributed by atoms with van der Waals surface area (Å²) in [5.74, 6) is 0.387. The summed E-state index contributed by atoms with van der Waals surface area (Å²) in [5.41, 5.74) is 9.41. The molecule has 0 unspecified atom stereocenters. The van der Waals surface area contributed by atoms with E-state index in [1.165, 1.54) is 5.56 Å². The highest BCUT2D eigenvalue weighted by Crippen LogP contribution is 2.22. The first-order valence-corrected chi connectivity index (χ1v) is 7.80. The van der Waals surface area contributed by atoms with E-state index in [4.69, 9.17) is 5.73 Å². The van der Waals surface area contributed by atoms with E-state index >= 15 is 0 Å². The third kappa shape index (κ3) is 3.47. The molecule has 0 saturated carbocycles. The van der Waals surface area contributed by atoms with Crippen molar-refractivity contribution < 1.29 is 0 Å². The van der Waals surface area contributed by atoms with E-state index in [9.17, 15) is 4.79 Å². The van der Waals surface area contributed by atoms with Crippen LogP contribution in [-0.2, 0) is 12.1 Å². The van der Waals surface area contributed by atoms with Crippen molar-refractivity contribution in [2.75, 3.05) is 0 Å². The normalized spacial score (nSPS) is 12.0. The van der Waals surface area contributed by atoms with E-state index in [2.05, 4.69) is 45.0 Å². The SMILES string of the molecule is Cc1ccc(-c2ccc(C(C)(C)N)c(=O)n2CC(C)C)cc1. The Hall–Kier alpha value is -1.87. The molecular formula is C19H26N2O. The Morgan fingerprint density at radius 3 is 2.18 bits per heavy atom. The Bertz CT molecular complexity index is 704. The maximum atomic E-state index is 12.9. The molecule has 1 heterocycles. The van der Waals surface area contributed by atoms with E-state index in [-0.39, 0.29) is 5.56 Å². The molecule has 2 rings (SSSR count). The zero-order valence-electron chi connectivity index (χ0n) is 14.2. The quantitative estimate of drug-likeness (QED) is 0.936. The summed E-state index contributed by atoms with van der Waals surface area (Å²) < 4.78 is 1.86. The molecule has 0 amide bonds. The number of pyridine rings is 1. The van der Waals surface area contributed by atoms with Crippen molar-refractivity contribution in [1.29, 1.82) is 0 Å². The zero-order chi connectivity index (χ0) is 16.5. The number of hydrogen-bond acceptors (Lipinski definition) is 2. The molecule has 2 aromatic rings. The molecule has 0 spiro atoms. The van der Waals surface area contributed by atoms with Crippen LogP contribution in [0, 0.1) is 12.8 Å². The number of nitrogens with zero attached hydrogens (tertiary/aromatic N) is 1. The van der Waals surface area contributed by atoms with Crippen LogP contribution in [0.3, 0.4) is 0 Å². The summed E-state index contributed by atoms with van der Waals surface area (Å²) in [7, 11) is 0. The van der Waals surface area contributed by atoms with Crippen LogP contribution < -0.4 is 11.3 Å². The second-order valence-corrected chi connectivity index (χ2v) is 7.03. The van der Waals surface area contributed by atoms with Crippen LogP contribution in [0.15, 0.2) is 41.2 Å². The summed E-state index contributed by atoms with van der Waals surface area (Å²) in [4.78, 5) is 12.9. The van der Waals surface area contributed by atoms with Crippen LogP contribution in [0.25, 0.3) is 11.3 Å². The van der Waals surface area contributed by atoms with E-state index in [0.717, 1.165) is 11.3 Å². The first-order chi connectivity index (χ1) is 10.2. The third-order valence-electron chi connectivity index (χ3n) is 3.76. The van der Waals surface area contributed by atoms with Gasteiger partial charge in [0.15, 0.2) is 0 Å². The Balaban J connectivity index is 2.66. The molecule has 1 aromatic carbocycles. The molecular weight excluding hydrogens is 272 g/mol. The summed E-state index contributed by atoms with van der Waals surface area (Å²) >= 11 is 0. The van der Waals surface area contributed by atoms with Crippen LogP contribution >= 0.6 is 0 Å². The van der Waals surface area contributed by atoms with Crippen molar-refractivity contribution in [1.82, 2.24) is 4.57 Å². The van der Waals surface area contributed by atoms with Gasteiger partial charge in [0.25, 0.3) is 5.56 Å². The number of nitrogens with two attached hydrogens (primary N) is 1. The lowest BCUT2D eigenvalue weighted by Gasteiger charge is -2.22. The Kier molecular flexibility index (Phi) is 4.57. The lowest BCUT2D eigenvalue weighted by atomic mass is 9.95. The first kappa shape index (κ1) is 16.5. The molecule has 0 aliphatic heterocycles. The minimum atomic E-state index is -0.637. The van der Waals surface area contributed by atoms with E-state index in [0.29, 0.717) is 18.0 Å². The van der Waals surface area contributed by atoms with Crippen LogP contribution in [0.4, 0.5) is 0 Å². The molecule has 0 radical (unpaired) electrons. The summed E-state index contributed by atoms with van der Waals surface area (Å²) in [6.45, 7) is 10.7. The molecule has 3 heteroatoms. The first-order valence-electron chi connectivity index (χ1n) is 7.80. The fraction of sp³-hybridized carbons (Fsp3) is 0.421. The molecule has 0 bridgehead atoms. The smallest absolute Gasteiger partial charge is 0.256 e. The van der Waals surface area contributed by atoms with Gasteiger partial charge in [-0.3, -0.25) is 4.79 Å². The number of benzene rings is 1. The Morgan fingerprint density at radius 1 is 1.09 bits per heavy atom. The van der Waals surface area contributed by atoms with Crippen molar-refractivity contribution in [3.8, 4) is 11.3 Å². The second kappa shape index (κ2) is 6.09. The average Bonchev–Trinajstić information content (AvgIpc) is 2.40. The molecule has 3 nitrogen and oxygen atoms in total. The van der Waals surface area contributed by atoms with E-state index < -0.39 is 5.54 Å². The van der Waals surface area contributed by atoms with Gasteiger partial charge in [0.2, 0.25) is 0 Å². The molecule has 1 aromatic heterocycles. The second-order valence-electron chi connectivity index (χ2n) is 7.03. The largest absolute Gasteiger partial charge is 0.322 e. The van der Waals surface area contributed by atoms with Gasteiger partial charge in [0.05, 0.1) is 5.69 Å². The molecule has 0 fully saturated rings. The summed E-state index contributed by atoms with van der Waals surface area (Å²) in [5, 5.41) is 0. The molecule has 22 heavy (non-hydrogen) atoms. The van der Waals surface area contributed by atoms with Crippen LogP contribution in [0.1, 0.15) is 38.8 Å². The van der Waals surface area contributed by atoms with Crippen molar-refractivity contribution in [3.63, 3.8) is 0 Å². The van der Waals surface area contributed by atoms with Crippen molar-refractivity contribution >= 4 is 0 Å². The van der Waals surface area contributed by atoms with Crippen molar-refractivity contribution in [2.24, 2.45) is 11.7 Å². The predicted octanol–water partition coefficient (Wildman–Crippen LogP) is 3.67. The fourth-order valence-electron chi connectivity index (χ4n) is 2.59. The molecule has 0 saturated heterocycles. The Labute approximate surface area is 132 Å². The minimum Gasteiger partial charge on any atom is -0.322 e. The minimum absolute atomic E-state index is 0.0132. The highest BCUT2D eigenvalue weighted by Gasteiger charge is 2.21. The predicted molar refractivity (Wildman–Crippen MR) is 92.9 cm³/mol. The number of aryl methyl sites for hydroxylation is 1. The van der Waals surface area contributed by atoms with Crippen LogP contribution in [0.5, 0.6) is 0 Å². The molecule has 118 valence electrons. The topological polar surface area (TPSA) is 48.0 Å². The van der Waals surface area contributed by atoms with Gasteiger partial charge < -0.3 is 10.3 Å². The number of hydrogen-bond donors (Lipinski definition) is 1. The maximum Gasteiger partial charge on any atom is 0.256 e. The van der Waals surface area contributed by atoms with Gasteiger partial charge in [-0.2, -0.15) is 0 Å². The summed E-state index contributed by atoms with van der Waals surface area (Å²) in [6, 6.07) is 12.1. The highest BCUT2D eigenvalue weighted by atomic mass is 16.1. The Morgan fingerprint density at radius 2 is 1.68 bits per heavy atom. The van der Waals surface area contributed by atoms with Crippen LogP contribution in [0.2, 0.25) is 0 Å². The monoisotopic (exact) mass is 298 g/mol. The average molecular weight is 298 g/mol. The van der Waals surface area contributed by atoms with Crippen LogP contribution in [-0.4, -0.2) is 4.57 Å². The molecule has 0 aliphatic carbocycles. The fourth-order valence-corrected chi connectivity index (χ4v) is 2.59. The van der Waals surface area contributed by atoms with E-state index in [1.54, 1.807) is 0 Å². The molecule has 0 atom stereocenters. The van der Waals surface area contributed by atoms with E-state index in [1.807, 2.05) is 30.5 Å². The number of aromatic nitrogens is 1. The van der Waals surface area contributed by atoms with Gasteiger partial charge >= 0.3 is 0 Å². The van der Waals surface area contributed by atoms with Gasteiger partial charge in [0, 0.05) is 17.6 Å². The highest BCUT2D eigenvalue weighted by molar-refractivity contribution is 5.60. The zero-order valence-corrected chi connectivity index (χ0v) is 14.2. The third-order valence-corrected chi connectivity index (χ3v) is 3.76.